The number of benzene rings is 2. The van der Waals surface area contributed by atoms with Crippen molar-refractivity contribution < 1.29 is 17.9 Å². The van der Waals surface area contributed by atoms with E-state index in [4.69, 9.17) is 9.47 Å². The van der Waals surface area contributed by atoms with Crippen LogP contribution in [0.5, 0.6) is 11.5 Å². The molecule has 0 N–H and O–H groups in total. The smallest absolute Gasteiger partial charge is 0.216 e. The zero-order chi connectivity index (χ0) is 18.4. The van der Waals surface area contributed by atoms with Gasteiger partial charge in [0.25, 0.3) is 0 Å². The van der Waals surface area contributed by atoms with Gasteiger partial charge < -0.3 is 9.47 Å². The maximum atomic E-state index is 12.7. The first kappa shape index (κ1) is 18.6. The Labute approximate surface area is 148 Å². The molecule has 0 aliphatic heterocycles. The van der Waals surface area contributed by atoms with Crippen molar-refractivity contribution in [2.75, 3.05) is 7.11 Å². The fourth-order valence-corrected chi connectivity index (χ4v) is 3.38. The van der Waals surface area contributed by atoms with Gasteiger partial charge in [-0.05, 0) is 38.1 Å². The second-order valence-corrected chi connectivity index (χ2v) is 7.40. The highest BCUT2D eigenvalue weighted by atomic mass is 32.2. The first-order chi connectivity index (χ1) is 11.9. The van der Waals surface area contributed by atoms with Gasteiger partial charge in [0.1, 0.15) is 11.0 Å². The van der Waals surface area contributed by atoms with Crippen LogP contribution < -0.4 is 9.47 Å². The van der Waals surface area contributed by atoms with Crippen molar-refractivity contribution in [3.8, 4) is 17.6 Å². The van der Waals surface area contributed by atoms with Crippen LogP contribution in [0.1, 0.15) is 19.4 Å². The molecule has 0 fully saturated rings. The summed E-state index contributed by atoms with van der Waals surface area (Å²) in [7, 11) is -2.41. The number of nitriles is 1. The van der Waals surface area contributed by atoms with Crippen molar-refractivity contribution in [3.05, 3.63) is 59.0 Å². The molecule has 0 spiro atoms. The van der Waals surface area contributed by atoms with E-state index in [-0.39, 0.29) is 15.9 Å². The number of allylic oxidation sites excluding steroid dienone is 1. The minimum absolute atomic E-state index is 0.0667. The topological polar surface area (TPSA) is 76.4 Å². The predicted octanol–water partition coefficient (Wildman–Crippen LogP) is 3.82. The van der Waals surface area contributed by atoms with Crippen LogP contribution in [0.25, 0.3) is 6.08 Å². The van der Waals surface area contributed by atoms with Crippen LogP contribution in [-0.4, -0.2) is 21.6 Å². The highest BCUT2D eigenvalue weighted by molar-refractivity contribution is 7.95. The van der Waals surface area contributed by atoms with Crippen molar-refractivity contribution in [3.63, 3.8) is 0 Å². The van der Waals surface area contributed by atoms with Gasteiger partial charge in [-0.25, -0.2) is 8.42 Å². The molecule has 2 aromatic carbocycles. The Morgan fingerprint density at radius 1 is 1.12 bits per heavy atom. The van der Waals surface area contributed by atoms with E-state index in [1.54, 1.807) is 42.5 Å². The van der Waals surface area contributed by atoms with Gasteiger partial charge in [0.2, 0.25) is 9.84 Å². The fraction of sp³-hybridized carbons (Fsp3) is 0.211. The number of nitrogens with zero attached hydrogens (tertiary/aromatic N) is 1. The minimum Gasteiger partial charge on any atom is -0.493 e. The zero-order valence-corrected chi connectivity index (χ0v) is 15.1. The Morgan fingerprint density at radius 2 is 1.80 bits per heavy atom. The molecule has 0 unspecified atom stereocenters. The Bertz CT molecular complexity index is 910. The van der Waals surface area contributed by atoms with Crippen molar-refractivity contribution in [1.82, 2.24) is 0 Å². The number of sulfone groups is 1. The summed E-state index contributed by atoms with van der Waals surface area (Å²) in [5, 5.41) is 9.41. The largest absolute Gasteiger partial charge is 0.493 e. The number of para-hydroxylation sites is 1. The standard InChI is InChI=1S/C19H19NO4S/c1-14(2)24-19-15(8-7-11-18(19)23-3)12-17(13-20)25(21,22)16-9-5-4-6-10-16/h4-12,14H,1-3H3. The van der Waals surface area contributed by atoms with Gasteiger partial charge in [0.15, 0.2) is 11.5 Å². The van der Waals surface area contributed by atoms with Gasteiger partial charge in [0.05, 0.1) is 18.1 Å². The molecule has 0 bridgehead atoms. The van der Waals surface area contributed by atoms with E-state index in [9.17, 15) is 13.7 Å². The van der Waals surface area contributed by atoms with Gasteiger partial charge in [-0.3, -0.25) is 0 Å². The Balaban J connectivity index is 2.60. The van der Waals surface area contributed by atoms with E-state index in [2.05, 4.69) is 0 Å². The van der Waals surface area contributed by atoms with Crippen molar-refractivity contribution in [2.24, 2.45) is 0 Å². The molecule has 0 atom stereocenters. The van der Waals surface area contributed by atoms with E-state index in [0.717, 1.165) is 0 Å². The maximum absolute atomic E-state index is 12.7. The lowest BCUT2D eigenvalue weighted by Crippen LogP contribution is -2.08. The van der Waals surface area contributed by atoms with E-state index < -0.39 is 9.84 Å². The van der Waals surface area contributed by atoms with Gasteiger partial charge >= 0.3 is 0 Å². The minimum atomic E-state index is -3.91. The zero-order valence-electron chi connectivity index (χ0n) is 14.3. The summed E-state index contributed by atoms with van der Waals surface area (Å²) >= 11 is 0. The average molecular weight is 357 g/mol. The predicted molar refractivity (Wildman–Crippen MR) is 96.0 cm³/mol. The third-order valence-electron chi connectivity index (χ3n) is 3.32. The lowest BCUT2D eigenvalue weighted by atomic mass is 10.1. The van der Waals surface area contributed by atoms with E-state index in [1.807, 2.05) is 13.8 Å². The highest BCUT2D eigenvalue weighted by Gasteiger charge is 2.22. The number of rotatable bonds is 6. The molecule has 0 radical (unpaired) electrons. The first-order valence-electron chi connectivity index (χ1n) is 7.65. The molecular formula is C19H19NO4S. The molecule has 5 nitrogen and oxygen atoms in total. The maximum Gasteiger partial charge on any atom is 0.216 e. The molecule has 2 aromatic rings. The molecule has 0 aliphatic rings. The number of hydrogen-bond acceptors (Lipinski definition) is 5. The molecule has 0 saturated carbocycles. The molecule has 0 aromatic heterocycles. The molecule has 0 amide bonds. The second kappa shape index (κ2) is 7.86. The fourth-order valence-electron chi connectivity index (χ4n) is 2.21. The summed E-state index contributed by atoms with van der Waals surface area (Å²) in [6.45, 7) is 3.71. The summed E-state index contributed by atoms with van der Waals surface area (Å²) < 4.78 is 36.4. The summed E-state index contributed by atoms with van der Waals surface area (Å²) in [6.07, 6.45) is 1.17. The van der Waals surface area contributed by atoms with Gasteiger partial charge in [-0.2, -0.15) is 5.26 Å². The highest BCUT2D eigenvalue weighted by Crippen LogP contribution is 2.34. The Morgan fingerprint density at radius 3 is 2.36 bits per heavy atom. The van der Waals surface area contributed by atoms with Crippen LogP contribution in [0.4, 0.5) is 0 Å². The number of hydrogen-bond donors (Lipinski definition) is 0. The quantitative estimate of drug-likeness (QED) is 0.735. The van der Waals surface area contributed by atoms with Gasteiger partial charge in [-0.15, -0.1) is 0 Å². The van der Waals surface area contributed by atoms with Crippen LogP contribution >= 0.6 is 0 Å². The van der Waals surface area contributed by atoms with Crippen molar-refractivity contribution in [2.45, 2.75) is 24.8 Å². The summed E-state index contributed by atoms with van der Waals surface area (Å²) in [6, 6.07) is 14.7. The first-order valence-corrected chi connectivity index (χ1v) is 9.14. The van der Waals surface area contributed by atoms with Gasteiger partial charge in [0, 0.05) is 5.56 Å². The second-order valence-electron chi connectivity index (χ2n) is 5.48. The monoisotopic (exact) mass is 357 g/mol. The summed E-state index contributed by atoms with van der Waals surface area (Å²) in [5.41, 5.74) is 0.462. The third kappa shape index (κ3) is 4.20. The lowest BCUT2D eigenvalue weighted by Gasteiger charge is -2.16. The van der Waals surface area contributed by atoms with Crippen LogP contribution in [0.3, 0.4) is 0 Å². The van der Waals surface area contributed by atoms with Crippen LogP contribution in [-0.2, 0) is 9.84 Å². The molecule has 0 saturated heterocycles. The van der Waals surface area contributed by atoms with Crippen molar-refractivity contribution >= 4 is 15.9 Å². The lowest BCUT2D eigenvalue weighted by molar-refractivity contribution is 0.229. The molecule has 6 heteroatoms. The van der Waals surface area contributed by atoms with Crippen LogP contribution in [0.2, 0.25) is 0 Å². The molecule has 2 rings (SSSR count). The molecule has 0 aliphatic carbocycles. The molecule has 25 heavy (non-hydrogen) atoms. The van der Waals surface area contributed by atoms with E-state index in [1.165, 1.54) is 25.3 Å². The van der Waals surface area contributed by atoms with Crippen LogP contribution in [0.15, 0.2) is 58.3 Å². The summed E-state index contributed by atoms with van der Waals surface area (Å²) in [5.74, 6) is 0.868. The van der Waals surface area contributed by atoms with Crippen LogP contribution in [0, 0.1) is 11.3 Å². The normalized spacial score (nSPS) is 11.9. The Hall–Kier alpha value is -2.78. The third-order valence-corrected chi connectivity index (χ3v) is 5.00. The Kier molecular flexibility index (Phi) is 5.84. The molecule has 130 valence electrons. The van der Waals surface area contributed by atoms with E-state index in [0.29, 0.717) is 17.1 Å². The molecular weight excluding hydrogens is 338 g/mol. The summed E-state index contributed by atoms with van der Waals surface area (Å²) in [4.78, 5) is -0.294. The average Bonchev–Trinajstić information content (AvgIpc) is 2.60. The van der Waals surface area contributed by atoms with E-state index >= 15 is 0 Å². The number of methoxy groups -OCH3 is 1. The van der Waals surface area contributed by atoms with Crippen molar-refractivity contribution in [1.29, 1.82) is 5.26 Å². The molecule has 0 heterocycles. The van der Waals surface area contributed by atoms with Gasteiger partial charge in [-0.1, -0.05) is 30.3 Å². The number of ether oxygens (including phenoxy) is 2. The SMILES string of the molecule is COc1cccc(C=C(C#N)S(=O)(=O)c2ccccc2)c1OC(C)C.